The Kier molecular flexibility index (Phi) is 5.39. The molecule has 0 radical (unpaired) electrons. The zero-order chi connectivity index (χ0) is 21.6. The fraction of sp³-hybridized carbons (Fsp3) is 0.375. The van der Waals surface area contributed by atoms with Gasteiger partial charge in [0.15, 0.2) is 5.82 Å². The number of rotatable bonds is 5. The van der Waals surface area contributed by atoms with Crippen LogP contribution >= 0.6 is 11.6 Å². The molecule has 1 aliphatic carbocycles. The Bertz CT molecular complexity index is 1060. The number of aryl methyl sites for hydroxylation is 1. The number of alkyl halides is 3. The van der Waals surface area contributed by atoms with Crippen LogP contribution in [0.1, 0.15) is 29.8 Å². The Morgan fingerprint density at radius 1 is 1.34 bits per heavy atom. The second-order valence-electron chi connectivity index (χ2n) is 6.63. The van der Waals surface area contributed by atoms with E-state index in [2.05, 4.69) is 10.3 Å². The van der Waals surface area contributed by atoms with E-state index in [1.165, 1.54) is 25.4 Å². The summed E-state index contributed by atoms with van der Waals surface area (Å²) in [6.45, 7) is 0. The molecule has 0 spiro atoms. The van der Waals surface area contributed by atoms with Gasteiger partial charge in [-0.25, -0.2) is 17.8 Å². The van der Waals surface area contributed by atoms with Gasteiger partial charge in [-0.2, -0.15) is 17.9 Å². The standard InChI is InChI=1S/C16H15ClF4N4O3S/c1-25-8-10(29(27,28)24-15(4-2-5-15)16(19,20)21)12(18)13(25)14(26)23-9-3-6-22-11(17)7-9/h3,6-8,24H,2,4-5H2,1H3,(H,22,23,26). The lowest BCUT2D eigenvalue weighted by molar-refractivity contribution is -0.212. The third-order valence-electron chi connectivity index (χ3n) is 4.66. The van der Waals surface area contributed by atoms with Crippen LogP contribution in [0.2, 0.25) is 5.15 Å². The average Bonchev–Trinajstić information content (AvgIpc) is 2.85. The largest absolute Gasteiger partial charge is 0.407 e. The van der Waals surface area contributed by atoms with Crippen LogP contribution in [0.3, 0.4) is 0 Å². The molecular weight excluding hydrogens is 440 g/mol. The van der Waals surface area contributed by atoms with Crippen LogP contribution in [0.25, 0.3) is 0 Å². The number of nitrogens with one attached hydrogen (secondary N) is 2. The number of anilines is 1. The summed E-state index contributed by atoms with van der Waals surface area (Å²) in [5, 5.41) is 2.38. The third-order valence-corrected chi connectivity index (χ3v) is 6.39. The highest BCUT2D eigenvalue weighted by molar-refractivity contribution is 7.89. The Labute approximate surface area is 168 Å². The first-order chi connectivity index (χ1) is 13.4. The lowest BCUT2D eigenvalue weighted by Crippen LogP contribution is -2.62. The van der Waals surface area contributed by atoms with E-state index in [0.717, 1.165) is 10.8 Å². The van der Waals surface area contributed by atoms with E-state index in [0.29, 0.717) is 0 Å². The van der Waals surface area contributed by atoms with E-state index in [9.17, 15) is 30.8 Å². The maximum atomic E-state index is 14.8. The normalized spacial score (nSPS) is 16.3. The number of carbonyl (C=O) groups is 1. The average molecular weight is 455 g/mol. The summed E-state index contributed by atoms with van der Waals surface area (Å²) in [4.78, 5) is 15.1. The summed E-state index contributed by atoms with van der Waals surface area (Å²) < 4.78 is 82.1. The number of nitrogens with zero attached hydrogens (tertiary/aromatic N) is 2. The van der Waals surface area contributed by atoms with E-state index < -0.39 is 56.9 Å². The third kappa shape index (κ3) is 3.96. The fourth-order valence-electron chi connectivity index (χ4n) is 2.97. The van der Waals surface area contributed by atoms with Gasteiger partial charge in [-0.1, -0.05) is 11.6 Å². The second-order valence-corrected chi connectivity index (χ2v) is 8.67. The minimum Gasteiger partial charge on any atom is -0.343 e. The Balaban J connectivity index is 1.91. The molecule has 1 aliphatic rings. The molecule has 29 heavy (non-hydrogen) atoms. The number of pyridine rings is 1. The lowest BCUT2D eigenvalue weighted by Gasteiger charge is -2.43. The maximum absolute atomic E-state index is 14.8. The fourth-order valence-corrected chi connectivity index (χ4v) is 4.72. The predicted molar refractivity (Wildman–Crippen MR) is 95.5 cm³/mol. The van der Waals surface area contributed by atoms with E-state index in [1.54, 1.807) is 4.72 Å². The van der Waals surface area contributed by atoms with E-state index in [-0.39, 0.29) is 17.3 Å². The molecule has 0 aromatic carbocycles. The van der Waals surface area contributed by atoms with Crippen LogP contribution < -0.4 is 10.0 Å². The van der Waals surface area contributed by atoms with Gasteiger partial charge in [0, 0.05) is 25.1 Å². The Hall–Kier alpha value is -2.18. The van der Waals surface area contributed by atoms with Crippen molar-refractivity contribution in [1.82, 2.24) is 14.3 Å². The van der Waals surface area contributed by atoms with Crippen LogP contribution in [0, 0.1) is 5.82 Å². The predicted octanol–water partition coefficient (Wildman–Crippen LogP) is 3.23. The van der Waals surface area contributed by atoms with E-state index >= 15 is 0 Å². The molecule has 3 rings (SSSR count). The molecular formula is C16H15ClF4N4O3S. The summed E-state index contributed by atoms with van der Waals surface area (Å²) in [5.41, 5.74) is -3.14. The molecule has 1 saturated carbocycles. The van der Waals surface area contributed by atoms with Crippen molar-refractivity contribution in [2.24, 2.45) is 7.05 Å². The Morgan fingerprint density at radius 2 is 2.00 bits per heavy atom. The highest BCUT2D eigenvalue weighted by atomic mass is 35.5. The van der Waals surface area contributed by atoms with Crippen molar-refractivity contribution in [1.29, 1.82) is 0 Å². The van der Waals surface area contributed by atoms with Crippen LogP contribution in [0.4, 0.5) is 23.2 Å². The molecule has 2 heterocycles. The quantitative estimate of drug-likeness (QED) is 0.536. The molecule has 0 unspecified atom stereocenters. The monoisotopic (exact) mass is 454 g/mol. The molecule has 2 N–H and O–H groups in total. The van der Waals surface area contributed by atoms with Gasteiger partial charge in [-0.15, -0.1) is 0 Å². The molecule has 7 nitrogen and oxygen atoms in total. The van der Waals surface area contributed by atoms with Crippen molar-refractivity contribution in [3.8, 4) is 0 Å². The number of hydrogen-bond acceptors (Lipinski definition) is 4. The summed E-state index contributed by atoms with van der Waals surface area (Å²) in [5.74, 6) is -2.47. The summed E-state index contributed by atoms with van der Waals surface area (Å²) in [6.07, 6.45) is -3.50. The van der Waals surface area contributed by atoms with Crippen molar-refractivity contribution in [2.45, 2.75) is 35.9 Å². The topological polar surface area (TPSA) is 93.1 Å². The molecule has 1 fully saturated rings. The molecule has 1 amide bonds. The van der Waals surface area contributed by atoms with Crippen molar-refractivity contribution >= 4 is 33.2 Å². The molecule has 0 aliphatic heterocycles. The number of sulfonamides is 1. The van der Waals surface area contributed by atoms with Gasteiger partial charge in [-0.3, -0.25) is 4.79 Å². The lowest BCUT2D eigenvalue weighted by atomic mass is 9.77. The molecule has 0 atom stereocenters. The minimum atomic E-state index is -4.88. The van der Waals surface area contributed by atoms with Crippen LogP contribution in [0.15, 0.2) is 29.4 Å². The van der Waals surface area contributed by atoms with Gasteiger partial charge in [-0.05, 0) is 31.4 Å². The zero-order valence-electron chi connectivity index (χ0n) is 14.8. The summed E-state index contributed by atoms with van der Waals surface area (Å²) in [7, 11) is -3.69. The highest BCUT2D eigenvalue weighted by Gasteiger charge is 2.60. The molecule has 2 aromatic rings. The van der Waals surface area contributed by atoms with E-state index in [1.807, 2.05) is 0 Å². The van der Waals surface area contributed by atoms with Crippen molar-refractivity contribution < 1.29 is 30.8 Å². The summed E-state index contributed by atoms with van der Waals surface area (Å²) >= 11 is 5.70. The van der Waals surface area contributed by atoms with Crippen LogP contribution in [0.5, 0.6) is 0 Å². The van der Waals surface area contributed by atoms with Crippen molar-refractivity contribution in [3.63, 3.8) is 0 Å². The minimum absolute atomic E-state index is 0.0561. The van der Waals surface area contributed by atoms with Gasteiger partial charge in [0.1, 0.15) is 21.3 Å². The number of hydrogen-bond donors (Lipinski definition) is 2. The Morgan fingerprint density at radius 3 is 2.52 bits per heavy atom. The molecule has 2 aromatic heterocycles. The van der Waals surface area contributed by atoms with Gasteiger partial charge >= 0.3 is 6.18 Å². The first-order valence-electron chi connectivity index (χ1n) is 8.25. The van der Waals surface area contributed by atoms with Gasteiger partial charge in [0.2, 0.25) is 10.0 Å². The first kappa shape index (κ1) is 21.5. The smallest absolute Gasteiger partial charge is 0.343 e. The SMILES string of the molecule is Cn1cc(S(=O)(=O)NC2(C(F)(F)F)CCC2)c(F)c1C(=O)Nc1ccnc(Cl)c1. The van der Waals surface area contributed by atoms with Gasteiger partial charge < -0.3 is 9.88 Å². The number of halogens is 5. The molecule has 13 heteroatoms. The van der Waals surface area contributed by atoms with Crippen molar-refractivity contribution in [3.05, 3.63) is 41.2 Å². The molecule has 0 bridgehead atoms. The second kappa shape index (κ2) is 7.26. The van der Waals surface area contributed by atoms with Crippen molar-refractivity contribution in [2.75, 3.05) is 5.32 Å². The maximum Gasteiger partial charge on any atom is 0.407 e. The molecule has 0 saturated heterocycles. The number of aromatic nitrogens is 2. The number of carbonyl (C=O) groups excluding carboxylic acids is 1. The first-order valence-corrected chi connectivity index (χ1v) is 10.1. The van der Waals surface area contributed by atoms with Crippen LogP contribution in [-0.4, -0.2) is 35.6 Å². The summed E-state index contributed by atoms with van der Waals surface area (Å²) in [6, 6.07) is 2.65. The highest BCUT2D eigenvalue weighted by Crippen LogP contribution is 2.46. The van der Waals surface area contributed by atoms with Gasteiger partial charge in [0.05, 0.1) is 0 Å². The number of amides is 1. The zero-order valence-corrected chi connectivity index (χ0v) is 16.4. The van der Waals surface area contributed by atoms with E-state index in [4.69, 9.17) is 11.6 Å². The molecule has 158 valence electrons. The van der Waals surface area contributed by atoms with Crippen LogP contribution in [-0.2, 0) is 17.1 Å². The van der Waals surface area contributed by atoms with Gasteiger partial charge in [0.25, 0.3) is 5.91 Å².